The van der Waals surface area contributed by atoms with Crippen LogP contribution < -0.4 is 5.48 Å². The van der Waals surface area contributed by atoms with E-state index < -0.39 is 5.91 Å². The van der Waals surface area contributed by atoms with Crippen LogP contribution >= 0.6 is 0 Å². The molecule has 5 heteroatoms. The Morgan fingerprint density at radius 1 is 0.962 bits per heavy atom. The Morgan fingerprint density at radius 2 is 1.58 bits per heavy atom. The zero-order valence-corrected chi connectivity index (χ0v) is 14.2. The molecule has 26 heavy (non-hydrogen) atoms. The Morgan fingerprint density at radius 3 is 2.15 bits per heavy atom. The van der Waals surface area contributed by atoms with Crippen molar-refractivity contribution < 1.29 is 10.0 Å². The minimum Gasteiger partial charge on any atom is -0.288 e. The first-order valence-electron chi connectivity index (χ1n) is 8.61. The molecule has 1 aliphatic rings. The summed E-state index contributed by atoms with van der Waals surface area (Å²) in [6, 6.07) is 19.1. The van der Waals surface area contributed by atoms with Crippen molar-refractivity contribution in [3.63, 3.8) is 0 Å². The SMILES string of the molecule is O=C(NO)c1cnc(CC2(c3ccc(-c4ccccc4)cc3)CC2)nc1. The van der Waals surface area contributed by atoms with Crippen molar-refractivity contribution in [2.75, 3.05) is 0 Å². The number of carbonyl (C=O) groups is 1. The lowest BCUT2D eigenvalue weighted by Crippen LogP contribution is -2.20. The van der Waals surface area contributed by atoms with Crippen molar-refractivity contribution in [1.29, 1.82) is 0 Å². The van der Waals surface area contributed by atoms with Gasteiger partial charge >= 0.3 is 0 Å². The molecule has 0 unspecified atom stereocenters. The normalized spacial score (nSPS) is 14.7. The summed E-state index contributed by atoms with van der Waals surface area (Å²) >= 11 is 0. The molecule has 1 saturated carbocycles. The fourth-order valence-corrected chi connectivity index (χ4v) is 3.30. The highest BCUT2D eigenvalue weighted by Crippen LogP contribution is 2.50. The summed E-state index contributed by atoms with van der Waals surface area (Å²) in [5.74, 6) is 0.110. The Balaban J connectivity index is 1.51. The van der Waals surface area contributed by atoms with Crippen LogP contribution in [0.15, 0.2) is 67.0 Å². The van der Waals surface area contributed by atoms with Crippen molar-refractivity contribution >= 4 is 5.91 Å². The van der Waals surface area contributed by atoms with Gasteiger partial charge in [-0.05, 0) is 29.5 Å². The maximum atomic E-state index is 11.4. The summed E-state index contributed by atoms with van der Waals surface area (Å²) in [5, 5.41) is 8.65. The van der Waals surface area contributed by atoms with Crippen molar-refractivity contribution in [3.8, 4) is 11.1 Å². The molecule has 0 atom stereocenters. The summed E-state index contributed by atoms with van der Waals surface area (Å²) < 4.78 is 0. The largest absolute Gasteiger partial charge is 0.288 e. The average molecular weight is 345 g/mol. The topological polar surface area (TPSA) is 75.1 Å². The van der Waals surface area contributed by atoms with Crippen LogP contribution in [0.3, 0.4) is 0 Å². The van der Waals surface area contributed by atoms with E-state index in [1.54, 1.807) is 5.48 Å². The van der Waals surface area contributed by atoms with E-state index in [1.165, 1.54) is 29.1 Å². The van der Waals surface area contributed by atoms with Gasteiger partial charge in [0, 0.05) is 24.2 Å². The molecular formula is C21H19N3O2. The molecule has 4 rings (SSSR count). The number of amides is 1. The first-order chi connectivity index (χ1) is 12.7. The summed E-state index contributed by atoms with van der Waals surface area (Å²) in [6.45, 7) is 0. The second-order valence-corrected chi connectivity index (χ2v) is 6.73. The third-order valence-corrected chi connectivity index (χ3v) is 5.02. The lowest BCUT2D eigenvalue weighted by atomic mass is 9.90. The van der Waals surface area contributed by atoms with Gasteiger partial charge in [0.15, 0.2) is 0 Å². The number of hydrogen-bond donors (Lipinski definition) is 2. The number of hydrogen-bond acceptors (Lipinski definition) is 4. The number of carbonyl (C=O) groups excluding carboxylic acids is 1. The van der Waals surface area contributed by atoms with Gasteiger partial charge in [-0.1, -0.05) is 54.6 Å². The zero-order valence-electron chi connectivity index (χ0n) is 14.2. The number of aromatic nitrogens is 2. The predicted octanol–water partition coefficient (Wildman–Crippen LogP) is 3.54. The van der Waals surface area contributed by atoms with Gasteiger partial charge in [0.05, 0.1) is 5.56 Å². The van der Waals surface area contributed by atoms with Gasteiger partial charge in [-0.25, -0.2) is 15.4 Å². The summed E-state index contributed by atoms with van der Waals surface area (Å²) in [4.78, 5) is 19.9. The third kappa shape index (κ3) is 3.21. The molecule has 1 fully saturated rings. The van der Waals surface area contributed by atoms with Crippen LogP contribution in [0.25, 0.3) is 11.1 Å². The molecule has 3 aromatic rings. The van der Waals surface area contributed by atoms with Crippen LogP contribution in [-0.4, -0.2) is 21.1 Å². The number of hydroxylamine groups is 1. The Bertz CT molecular complexity index is 902. The van der Waals surface area contributed by atoms with Gasteiger partial charge in [0.1, 0.15) is 5.82 Å². The van der Waals surface area contributed by atoms with Gasteiger partial charge in [0.2, 0.25) is 0 Å². The molecule has 1 amide bonds. The van der Waals surface area contributed by atoms with E-state index in [9.17, 15) is 4.79 Å². The molecule has 0 radical (unpaired) electrons. The summed E-state index contributed by atoms with van der Waals surface area (Å²) in [5.41, 5.74) is 5.65. The number of rotatable bonds is 5. The Labute approximate surface area is 151 Å². The molecule has 1 heterocycles. The highest BCUT2D eigenvalue weighted by Gasteiger charge is 2.44. The summed E-state index contributed by atoms with van der Waals surface area (Å²) in [7, 11) is 0. The molecular weight excluding hydrogens is 326 g/mol. The fraction of sp³-hybridized carbons (Fsp3) is 0.190. The lowest BCUT2D eigenvalue weighted by molar-refractivity contribution is 0.0705. The molecule has 0 aliphatic heterocycles. The number of nitrogens with one attached hydrogen (secondary N) is 1. The van der Waals surface area contributed by atoms with Gasteiger partial charge in [0.25, 0.3) is 5.91 Å². The van der Waals surface area contributed by atoms with E-state index in [-0.39, 0.29) is 11.0 Å². The van der Waals surface area contributed by atoms with E-state index in [4.69, 9.17) is 5.21 Å². The fourth-order valence-electron chi connectivity index (χ4n) is 3.30. The van der Waals surface area contributed by atoms with E-state index in [1.807, 2.05) is 18.2 Å². The molecule has 1 aromatic heterocycles. The molecule has 2 aromatic carbocycles. The van der Waals surface area contributed by atoms with Crippen LogP contribution in [-0.2, 0) is 11.8 Å². The van der Waals surface area contributed by atoms with Gasteiger partial charge in [-0.3, -0.25) is 10.0 Å². The van der Waals surface area contributed by atoms with Gasteiger partial charge < -0.3 is 0 Å². The van der Waals surface area contributed by atoms with E-state index in [2.05, 4.69) is 46.4 Å². The van der Waals surface area contributed by atoms with Gasteiger partial charge in [-0.2, -0.15) is 0 Å². The Hall–Kier alpha value is -3.05. The molecule has 1 aliphatic carbocycles. The van der Waals surface area contributed by atoms with Crippen LogP contribution in [0.4, 0.5) is 0 Å². The van der Waals surface area contributed by atoms with Crippen LogP contribution in [0.1, 0.15) is 34.6 Å². The monoisotopic (exact) mass is 345 g/mol. The molecule has 0 bridgehead atoms. The first-order valence-corrected chi connectivity index (χ1v) is 8.61. The smallest absolute Gasteiger partial charge is 0.277 e. The summed E-state index contributed by atoms with van der Waals surface area (Å²) in [6.07, 6.45) is 5.86. The van der Waals surface area contributed by atoms with E-state index in [0.717, 1.165) is 19.3 Å². The second kappa shape index (κ2) is 6.69. The molecule has 130 valence electrons. The molecule has 0 spiro atoms. The maximum Gasteiger partial charge on any atom is 0.277 e. The van der Waals surface area contributed by atoms with Crippen molar-refractivity contribution in [1.82, 2.24) is 15.4 Å². The first kappa shape index (κ1) is 16.4. The van der Waals surface area contributed by atoms with E-state index in [0.29, 0.717) is 5.82 Å². The van der Waals surface area contributed by atoms with E-state index >= 15 is 0 Å². The zero-order chi connectivity index (χ0) is 18.0. The van der Waals surface area contributed by atoms with Crippen LogP contribution in [0.5, 0.6) is 0 Å². The molecule has 2 N–H and O–H groups in total. The molecule has 5 nitrogen and oxygen atoms in total. The second-order valence-electron chi connectivity index (χ2n) is 6.73. The standard InChI is InChI=1S/C21H19N3O2/c25-20(24-26)17-13-22-19(23-14-17)12-21(10-11-21)18-8-6-16(7-9-18)15-4-2-1-3-5-15/h1-9,13-14,26H,10-12H2,(H,24,25). The van der Waals surface area contributed by atoms with Crippen LogP contribution in [0.2, 0.25) is 0 Å². The highest BCUT2D eigenvalue weighted by atomic mass is 16.5. The predicted molar refractivity (Wildman–Crippen MR) is 97.8 cm³/mol. The highest BCUT2D eigenvalue weighted by molar-refractivity contribution is 5.92. The minimum absolute atomic E-state index is 0.0932. The van der Waals surface area contributed by atoms with Crippen LogP contribution in [0, 0.1) is 0 Å². The quantitative estimate of drug-likeness (QED) is 0.548. The van der Waals surface area contributed by atoms with Crippen molar-refractivity contribution in [3.05, 3.63) is 83.9 Å². The Kier molecular flexibility index (Phi) is 4.22. The minimum atomic E-state index is -0.603. The lowest BCUT2D eigenvalue weighted by Gasteiger charge is -2.15. The molecule has 0 saturated heterocycles. The van der Waals surface area contributed by atoms with Crippen molar-refractivity contribution in [2.24, 2.45) is 0 Å². The van der Waals surface area contributed by atoms with Crippen molar-refractivity contribution in [2.45, 2.75) is 24.7 Å². The number of nitrogens with zero attached hydrogens (tertiary/aromatic N) is 2. The average Bonchev–Trinajstić information content (AvgIpc) is 3.49. The third-order valence-electron chi connectivity index (χ3n) is 5.02. The maximum absolute atomic E-state index is 11.4. The van der Waals surface area contributed by atoms with Gasteiger partial charge in [-0.15, -0.1) is 0 Å². The number of benzene rings is 2.